The molecule has 0 unspecified atom stereocenters. The number of carbonyl (C=O) groups excluding carboxylic acids is 1. The Balaban J connectivity index is 1.50. The van der Waals surface area contributed by atoms with E-state index in [1.807, 2.05) is 16.8 Å². The van der Waals surface area contributed by atoms with Gasteiger partial charge in [-0.05, 0) is 43.8 Å². The zero-order chi connectivity index (χ0) is 16.1. The molecule has 1 saturated heterocycles. The molecule has 2 aromatic heterocycles. The van der Waals surface area contributed by atoms with Crippen molar-refractivity contribution < 1.29 is 9.21 Å². The lowest BCUT2D eigenvalue weighted by atomic mass is 9.97. The number of thiophene rings is 1. The zero-order valence-corrected chi connectivity index (χ0v) is 14.1. The highest BCUT2D eigenvalue weighted by molar-refractivity contribution is 7.08. The molecular weight excluding hydrogens is 312 g/mol. The number of hydrogen-bond donors (Lipinski definition) is 1. The predicted octanol–water partition coefficient (Wildman–Crippen LogP) is 2.50. The number of piperidine rings is 1. The summed E-state index contributed by atoms with van der Waals surface area (Å²) in [4.78, 5) is 14.0. The Morgan fingerprint density at radius 3 is 2.96 bits per heavy atom. The summed E-state index contributed by atoms with van der Waals surface area (Å²) in [6.07, 6.45) is 2.87. The van der Waals surface area contributed by atoms with E-state index in [2.05, 4.69) is 27.3 Å². The Morgan fingerprint density at radius 2 is 2.26 bits per heavy atom. The maximum Gasteiger partial charge on any atom is 0.248 e. The summed E-state index contributed by atoms with van der Waals surface area (Å²) in [5.74, 6) is 1.73. The normalized spacial score (nSPS) is 16.6. The van der Waals surface area contributed by atoms with E-state index in [4.69, 9.17) is 4.42 Å². The lowest BCUT2D eigenvalue weighted by Crippen LogP contribution is -2.41. The molecule has 0 atom stereocenters. The molecule has 1 fully saturated rings. The lowest BCUT2D eigenvalue weighted by Gasteiger charge is -2.29. The van der Waals surface area contributed by atoms with Crippen LogP contribution < -0.4 is 5.32 Å². The molecule has 1 N–H and O–H groups in total. The molecule has 6 nitrogen and oxygen atoms in total. The number of nitrogens with one attached hydrogen (secondary N) is 1. The van der Waals surface area contributed by atoms with E-state index in [1.54, 1.807) is 11.3 Å². The number of likely N-dealkylation sites (tertiary alicyclic amines) is 1. The van der Waals surface area contributed by atoms with Gasteiger partial charge in [0.1, 0.15) is 0 Å². The average Bonchev–Trinajstić information content (AvgIpc) is 3.24. The molecular formula is C16H22N4O2S. The predicted molar refractivity (Wildman–Crippen MR) is 89.3 cm³/mol. The Labute approximate surface area is 139 Å². The molecule has 3 heterocycles. The molecule has 0 saturated carbocycles. The summed E-state index contributed by atoms with van der Waals surface area (Å²) in [5, 5.41) is 15.3. The van der Waals surface area contributed by atoms with Crippen molar-refractivity contribution in [1.29, 1.82) is 0 Å². The van der Waals surface area contributed by atoms with E-state index >= 15 is 0 Å². The third-order valence-corrected chi connectivity index (χ3v) is 4.77. The second-order valence-electron chi connectivity index (χ2n) is 5.86. The minimum atomic E-state index is 0.114. The van der Waals surface area contributed by atoms with Crippen molar-refractivity contribution in [3.63, 3.8) is 0 Å². The third kappa shape index (κ3) is 4.17. The topological polar surface area (TPSA) is 71.3 Å². The monoisotopic (exact) mass is 334 g/mol. The summed E-state index contributed by atoms with van der Waals surface area (Å²) in [6, 6.07) is 1.99. The standard InChI is InChI=1S/C16H22N4O2S/c1-2-6-17-14(21)10-20-7-3-12(4-8-20)15-18-19-16(22-15)13-5-9-23-11-13/h5,9,11-12H,2-4,6-8,10H2,1H3,(H,17,21). The van der Waals surface area contributed by atoms with Gasteiger partial charge in [-0.15, -0.1) is 10.2 Å². The molecule has 0 spiro atoms. The molecule has 0 bridgehead atoms. The van der Waals surface area contributed by atoms with Gasteiger partial charge in [0.2, 0.25) is 17.7 Å². The van der Waals surface area contributed by atoms with Crippen molar-refractivity contribution in [1.82, 2.24) is 20.4 Å². The van der Waals surface area contributed by atoms with E-state index < -0.39 is 0 Å². The summed E-state index contributed by atoms with van der Waals surface area (Å²) in [5.41, 5.74) is 0.985. The van der Waals surface area contributed by atoms with Crippen LogP contribution in [-0.2, 0) is 4.79 Å². The molecule has 0 aromatic carbocycles. The average molecular weight is 334 g/mol. The molecule has 3 rings (SSSR count). The first-order valence-corrected chi connectivity index (χ1v) is 9.05. The Kier molecular flexibility index (Phi) is 5.40. The fraction of sp³-hybridized carbons (Fsp3) is 0.562. The highest BCUT2D eigenvalue weighted by Crippen LogP contribution is 2.29. The van der Waals surface area contributed by atoms with Gasteiger partial charge in [0.15, 0.2) is 0 Å². The summed E-state index contributed by atoms with van der Waals surface area (Å²) in [6.45, 7) is 5.07. The Morgan fingerprint density at radius 1 is 1.43 bits per heavy atom. The molecule has 2 aromatic rings. The first-order chi connectivity index (χ1) is 11.3. The second kappa shape index (κ2) is 7.70. The number of nitrogens with zero attached hydrogens (tertiary/aromatic N) is 3. The maximum atomic E-state index is 11.8. The number of carbonyl (C=O) groups is 1. The van der Waals surface area contributed by atoms with E-state index in [9.17, 15) is 4.79 Å². The summed E-state index contributed by atoms with van der Waals surface area (Å²) < 4.78 is 5.82. The number of rotatable bonds is 6. The Hall–Kier alpha value is -1.73. The van der Waals surface area contributed by atoms with Crippen LogP contribution in [0.5, 0.6) is 0 Å². The minimum Gasteiger partial charge on any atom is -0.420 e. The van der Waals surface area contributed by atoms with Crippen LogP contribution in [0.3, 0.4) is 0 Å². The smallest absolute Gasteiger partial charge is 0.248 e. The first kappa shape index (κ1) is 16.1. The van der Waals surface area contributed by atoms with E-state index in [0.29, 0.717) is 18.4 Å². The van der Waals surface area contributed by atoms with Crippen molar-refractivity contribution >= 4 is 17.2 Å². The SMILES string of the molecule is CCCNC(=O)CN1CCC(c2nnc(-c3ccsc3)o2)CC1. The van der Waals surface area contributed by atoms with Crippen LogP contribution in [0.4, 0.5) is 0 Å². The van der Waals surface area contributed by atoms with Crippen molar-refractivity contribution in [3.8, 4) is 11.5 Å². The quantitative estimate of drug-likeness (QED) is 0.879. The van der Waals surface area contributed by atoms with Gasteiger partial charge in [-0.3, -0.25) is 9.69 Å². The van der Waals surface area contributed by atoms with Gasteiger partial charge in [-0.25, -0.2) is 0 Å². The zero-order valence-electron chi connectivity index (χ0n) is 13.3. The maximum absolute atomic E-state index is 11.8. The van der Waals surface area contributed by atoms with E-state index in [-0.39, 0.29) is 5.91 Å². The molecule has 23 heavy (non-hydrogen) atoms. The van der Waals surface area contributed by atoms with E-state index in [1.165, 1.54) is 0 Å². The van der Waals surface area contributed by atoms with Gasteiger partial charge in [0.25, 0.3) is 0 Å². The van der Waals surface area contributed by atoms with Gasteiger partial charge in [-0.1, -0.05) is 6.92 Å². The van der Waals surface area contributed by atoms with Crippen LogP contribution in [0.2, 0.25) is 0 Å². The van der Waals surface area contributed by atoms with Crippen LogP contribution in [-0.4, -0.2) is 47.2 Å². The van der Waals surface area contributed by atoms with Crippen LogP contribution >= 0.6 is 11.3 Å². The fourth-order valence-electron chi connectivity index (χ4n) is 2.76. The molecule has 1 aliphatic heterocycles. The second-order valence-corrected chi connectivity index (χ2v) is 6.64. The van der Waals surface area contributed by atoms with Crippen LogP contribution in [0.15, 0.2) is 21.2 Å². The van der Waals surface area contributed by atoms with Crippen molar-refractivity contribution in [2.24, 2.45) is 0 Å². The summed E-state index contributed by atoms with van der Waals surface area (Å²) >= 11 is 1.62. The fourth-order valence-corrected chi connectivity index (χ4v) is 3.39. The molecule has 0 aliphatic carbocycles. The molecule has 1 aliphatic rings. The number of hydrogen-bond acceptors (Lipinski definition) is 6. The van der Waals surface area contributed by atoms with Gasteiger partial charge >= 0.3 is 0 Å². The molecule has 7 heteroatoms. The highest BCUT2D eigenvalue weighted by Gasteiger charge is 2.26. The first-order valence-electron chi connectivity index (χ1n) is 8.11. The summed E-state index contributed by atoms with van der Waals surface area (Å²) in [7, 11) is 0. The van der Waals surface area contributed by atoms with Crippen LogP contribution in [0, 0.1) is 0 Å². The lowest BCUT2D eigenvalue weighted by molar-refractivity contribution is -0.122. The largest absolute Gasteiger partial charge is 0.420 e. The van der Waals surface area contributed by atoms with Gasteiger partial charge in [0, 0.05) is 23.4 Å². The number of aromatic nitrogens is 2. The molecule has 1 amide bonds. The molecule has 0 radical (unpaired) electrons. The van der Waals surface area contributed by atoms with E-state index in [0.717, 1.165) is 50.4 Å². The van der Waals surface area contributed by atoms with Gasteiger partial charge in [-0.2, -0.15) is 11.3 Å². The van der Waals surface area contributed by atoms with Crippen molar-refractivity contribution in [2.75, 3.05) is 26.2 Å². The third-order valence-electron chi connectivity index (χ3n) is 4.08. The Bertz CT molecular complexity index is 618. The molecule has 124 valence electrons. The van der Waals surface area contributed by atoms with Gasteiger partial charge < -0.3 is 9.73 Å². The van der Waals surface area contributed by atoms with Gasteiger partial charge in [0.05, 0.1) is 6.54 Å². The van der Waals surface area contributed by atoms with Crippen molar-refractivity contribution in [2.45, 2.75) is 32.1 Å². The van der Waals surface area contributed by atoms with Crippen LogP contribution in [0.1, 0.15) is 38.0 Å². The van der Waals surface area contributed by atoms with Crippen LogP contribution in [0.25, 0.3) is 11.5 Å². The minimum absolute atomic E-state index is 0.114. The highest BCUT2D eigenvalue weighted by atomic mass is 32.1. The number of amides is 1. The van der Waals surface area contributed by atoms with Crippen molar-refractivity contribution in [3.05, 3.63) is 22.7 Å².